The third-order valence-corrected chi connectivity index (χ3v) is 5.92. The molecule has 29 heavy (non-hydrogen) atoms. The third-order valence-electron chi connectivity index (χ3n) is 5.39. The van der Waals surface area contributed by atoms with E-state index in [4.69, 9.17) is 14.5 Å². The van der Waals surface area contributed by atoms with E-state index in [1.807, 2.05) is 17.0 Å². The van der Waals surface area contributed by atoms with Crippen molar-refractivity contribution in [3.8, 4) is 11.1 Å². The summed E-state index contributed by atoms with van der Waals surface area (Å²) in [6.45, 7) is 7.63. The maximum Gasteiger partial charge on any atom is 0.228 e. The number of aryl methyl sites for hydroxylation is 1. The van der Waals surface area contributed by atoms with Crippen LogP contribution >= 0.6 is 15.9 Å². The van der Waals surface area contributed by atoms with Crippen LogP contribution in [-0.4, -0.2) is 68.4 Å². The highest BCUT2D eigenvalue weighted by Gasteiger charge is 2.23. The standard InChI is InChI=1S/C22H26BrN3O3/c1-16-14-19(15-20(27)25-6-10-28-11-7-25)24-22(26-8-12-29-13-9-26)21(16)17-2-4-18(23)5-3-17/h2-5,14H,6-13,15H2,1H3. The molecule has 0 atom stereocenters. The highest BCUT2D eigenvalue weighted by Crippen LogP contribution is 2.34. The minimum absolute atomic E-state index is 0.115. The second kappa shape index (κ2) is 9.24. The molecule has 2 aliphatic rings. The summed E-state index contributed by atoms with van der Waals surface area (Å²) in [6, 6.07) is 10.4. The molecule has 1 amide bonds. The van der Waals surface area contributed by atoms with Gasteiger partial charge in [-0.2, -0.15) is 0 Å². The lowest BCUT2D eigenvalue weighted by molar-refractivity contribution is -0.134. The van der Waals surface area contributed by atoms with E-state index in [-0.39, 0.29) is 5.91 Å². The summed E-state index contributed by atoms with van der Waals surface area (Å²) in [5.74, 6) is 1.06. The van der Waals surface area contributed by atoms with E-state index in [2.05, 4.69) is 46.0 Å². The Balaban J connectivity index is 1.67. The van der Waals surface area contributed by atoms with E-state index in [0.29, 0.717) is 45.9 Å². The predicted molar refractivity (Wildman–Crippen MR) is 116 cm³/mol. The van der Waals surface area contributed by atoms with Crippen molar-refractivity contribution in [3.63, 3.8) is 0 Å². The van der Waals surface area contributed by atoms with Crippen molar-refractivity contribution in [3.05, 3.63) is 46.1 Å². The zero-order chi connectivity index (χ0) is 20.2. The number of carbonyl (C=O) groups is 1. The Kier molecular flexibility index (Phi) is 6.47. The lowest BCUT2D eigenvalue weighted by Crippen LogP contribution is -2.41. The van der Waals surface area contributed by atoms with Crippen molar-refractivity contribution >= 4 is 27.7 Å². The number of anilines is 1. The van der Waals surface area contributed by atoms with Gasteiger partial charge in [-0.05, 0) is 36.2 Å². The van der Waals surface area contributed by atoms with Crippen LogP contribution in [0, 0.1) is 6.92 Å². The SMILES string of the molecule is Cc1cc(CC(=O)N2CCOCC2)nc(N2CCOCC2)c1-c1ccc(Br)cc1. The number of rotatable bonds is 4. The molecule has 0 aliphatic carbocycles. The fourth-order valence-electron chi connectivity index (χ4n) is 3.87. The summed E-state index contributed by atoms with van der Waals surface area (Å²) >= 11 is 3.51. The number of pyridine rings is 1. The maximum absolute atomic E-state index is 12.8. The van der Waals surface area contributed by atoms with Crippen molar-refractivity contribution in [1.29, 1.82) is 0 Å². The number of ether oxygens (including phenoxy) is 2. The first-order chi connectivity index (χ1) is 14.1. The van der Waals surface area contributed by atoms with Crippen LogP contribution in [0.15, 0.2) is 34.8 Å². The molecule has 0 unspecified atom stereocenters. The van der Waals surface area contributed by atoms with Crippen molar-refractivity contribution in [2.75, 3.05) is 57.5 Å². The Bertz CT molecular complexity index is 860. The molecule has 2 aromatic rings. The molecule has 0 radical (unpaired) electrons. The molecule has 1 aromatic carbocycles. The number of hydrogen-bond donors (Lipinski definition) is 0. The first-order valence-electron chi connectivity index (χ1n) is 10.1. The second-order valence-corrected chi connectivity index (χ2v) is 8.32. The molecule has 2 saturated heterocycles. The quantitative estimate of drug-likeness (QED) is 0.702. The largest absolute Gasteiger partial charge is 0.378 e. The Morgan fingerprint density at radius 3 is 2.31 bits per heavy atom. The Morgan fingerprint density at radius 2 is 1.66 bits per heavy atom. The molecule has 6 nitrogen and oxygen atoms in total. The summed E-state index contributed by atoms with van der Waals surface area (Å²) in [5.41, 5.74) is 4.21. The summed E-state index contributed by atoms with van der Waals surface area (Å²) in [6.07, 6.45) is 0.318. The monoisotopic (exact) mass is 459 g/mol. The molecule has 3 heterocycles. The number of aromatic nitrogens is 1. The van der Waals surface area contributed by atoms with Gasteiger partial charge in [0.05, 0.1) is 38.5 Å². The number of morpholine rings is 2. The summed E-state index contributed by atoms with van der Waals surface area (Å²) in [7, 11) is 0. The van der Waals surface area contributed by atoms with E-state index < -0.39 is 0 Å². The van der Waals surface area contributed by atoms with E-state index in [1.54, 1.807) is 0 Å². The van der Waals surface area contributed by atoms with Crippen LogP contribution < -0.4 is 4.90 Å². The number of hydrogen-bond acceptors (Lipinski definition) is 5. The fraction of sp³-hybridized carbons (Fsp3) is 0.455. The minimum Gasteiger partial charge on any atom is -0.378 e. The highest BCUT2D eigenvalue weighted by atomic mass is 79.9. The average molecular weight is 460 g/mol. The number of halogens is 1. The Labute approximate surface area is 179 Å². The number of nitrogens with zero attached hydrogens (tertiary/aromatic N) is 3. The van der Waals surface area contributed by atoms with Gasteiger partial charge in [0.15, 0.2) is 0 Å². The average Bonchev–Trinajstić information content (AvgIpc) is 2.75. The van der Waals surface area contributed by atoms with Gasteiger partial charge in [0.1, 0.15) is 5.82 Å². The number of amides is 1. The van der Waals surface area contributed by atoms with Gasteiger partial charge in [0, 0.05) is 36.2 Å². The van der Waals surface area contributed by atoms with E-state index in [1.165, 1.54) is 0 Å². The van der Waals surface area contributed by atoms with Gasteiger partial charge >= 0.3 is 0 Å². The summed E-state index contributed by atoms with van der Waals surface area (Å²) in [5, 5.41) is 0. The molecule has 0 saturated carbocycles. The van der Waals surface area contributed by atoms with Crippen LogP contribution in [-0.2, 0) is 20.7 Å². The van der Waals surface area contributed by atoms with E-state index in [0.717, 1.165) is 45.8 Å². The molecule has 7 heteroatoms. The molecular weight excluding hydrogens is 434 g/mol. The van der Waals surface area contributed by atoms with Gasteiger partial charge in [-0.3, -0.25) is 4.79 Å². The predicted octanol–water partition coefficient (Wildman–Crippen LogP) is 3.06. The van der Waals surface area contributed by atoms with E-state index >= 15 is 0 Å². The lowest BCUT2D eigenvalue weighted by Gasteiger charge is -2.31. The molecule has 1 aromatic heterocycles. The van der Waals surface area contributed by atoms with Crippen molar-refractivity contribution in [2.24, 2.45) is 0 Å². The van der Waals surface area contributed by atoms with Gasteiger partial charge in [-0.25, -0.2) is 4.98 Å². The summed E-state index contributed by atoms with van der Waals surface area (Å²) in [4.78, 5) is 21.9. The Hall–Kier alpha value is -1.96. The highest BCUT2D eigenvalue weighted by molar-refractivity contribution is 9.10. The second-order valence-electron chi connectivity index (χ2n) is 7.41. The van der Waals surface area contributed by atoms with Crippen LogP contribution in [0.25, 0.3) is 11.1 Å². The van der Waals surface area contributed by atoms with Crippen LogP contribution in [0.2, 0.25) is 0 Å². The molecule has 2 aliphatic heterocycles. The van der Waals surface area contributed by atoms with Crippen LogP contribution in [0.5, 0.6) is 0 Å². The molecular formula is C22H26BrN3O3. The minimum atomic E-state index is 0.115. The fourth-order valence-corrected chi connectivity index (χ4v) is 4.13. The molecule has 2 fully saturated rings. The molecule has 0 N–H and O–H groups in total. The molecule has 0 spiro atoms. The van der Waals surface area contributed by atoms with Gasteiger partial charge in [-0.15, -0.1) is 0 Å². The van der Waals surface area contributed by atoms with Gasteiger partial charge in [-0.1, -0.05) is 28.1 Å². The van der Waals surface area contributed by atoms with Crippen LogP contribution in [0.3, 0.4) is 0 Å². The van der Waals surface area contributed by atoms with Crippen molar-refractivity contribution < 1.29 is 14.3 Å². The smallest absolute Gasteiger partial charge is 0.228 e. The maximum atomic E-state index is 12.8. The molecule has 4 rings (SSSR count). The molecule has 0 bridgehead atoms. The topological polar surface area (TPSA) is 54.9 Å². The number of carbonyl (C=O) groups excluding carboxylic acids is 1. The zero-order valence-corrected chi connectivity index (χ0v) is 18.3. The van der Waals surface area contributed by atoms with Gasteiger partial charge < -0.3 is 19.3 Å². The van der Waals surface area contributed by atoms with Crippen LogP contribution in [0.4, 0.5) is 5.82 Å². The first kappa shape index (κ1) is 20.3. The summed E-state index contributed by atoms with van der Waals surface area (Å²) < 4.78 is 11.9. The lowest BCUT2D eigenvalue weighted by atomic mass is 9.99. The van der Waals surface area contributed by atoms with Gasteiger partial charge in [0.2, 0.25) is 5.91 Å². The van der Waals surface area contributed by atoms with Crippen LogP contribution in [0.1, 0.15) is 11.3 Å². The normalized spacial score (nSPS) is 17.4. The Morgan fingerprint density at radius 1 is 1.03 bits per heavy atom. The van der Waals surface area contributed by atoms with Gasteiger partial charge in [0.25, 0.3) is 0 Å². The van der Waals surface area contributed by atoms with Crippen molar-refractivity contribution in [2.45, 2.75) is 13.3 Å². The van der Waals surface area contributed by atoms with E-state index in [9.17, 15) is 4.79 Å². The van der Waals surface area contributed by atoms with Crippen molar-refractivity contribution in [1.82, 2.24) is 9.88 Å². The first-order valence-corrected chi connectivity index (χ1v) is 10.9. The third kappa shape index (κ3) is 4.79. The zero-order valence-electron chi connectivity index (χ0n) is 16.7. The number of benzene rings is 1. The molecule has 154 valence electrons.